The van der Waals surface area contributed by atoms with Crippen molar-refractivity contribution in [1.29, 1.82) is 0 Å². The third-order valence-corrected chi connectivity index (χ3v) is 6.06. The molecule has 5 rings (SSSR count). The van der Waals surface area contributed by atoms with Crippen LogP contribution in [0.4, 0.5) is 5.69 Å². The first-order valence-electron chi connectivity index (χ1n) is 11.0. The number of nitrogens with zero attached hydrogens (tertiary/aromatic N) is 3. The largest absolute Gasteiger partial charge is 0.466 e. The second kappa shape index (κ2) is 8.15. The van der Waals surface area contributed by atoms with Gasteiger partial charge in [-0.3, -0.25) is 4.79 Å². The third-order valence-electron chi connectivity index (χ3n) is 6.06. The Hall–Kier alpha value is -3.61. The van der Waals surface area contributed by atoms with E-state index in [9.17, 15) is 4.79 Å². The van der Waals surface area contributed by atoms with Crippen molar-refractivity contribution in [3.05, 3.63) is 64.7 Å². The van der Waals surface area contributed by atoms with E-state index >= 15 is 0 Å². The molecule has 7 nitrogen and oxygen atoms in total. The molecule has 1 fully saturated rings. The van der Waals surface area contributed by atoms with Gasteiger partial charge in [0.05, 0.1) is 22.3 Å². The Morgan fingerprint density at radius 2 is 1.91 bits per heavy atom. The summed E-state index contributed by atoms with van der Waals surface area (Å²) in [5.74, 6) is 1.35. The molecule has 1 N–H and O–H groups in total. The summed E-state index contributed by atoms with van der Waals surface area (Å²) in [6.07, 6.45) is 2.41. The number of anilines is 1. The van der Waals surface area contributed by atoms with Crippen molar-refractivity contribution in [2.75, 3.05) is 18.0 Å². The van der Waals surface area contributed by atoms with Gasteiger partial charge in [0.2, 0.25) is 0 Å². The second-order valence-electron chi connectivity index (χ2n) is 8.34. The van der Waals surface area contributed by atoms with Gasteiger partial charge in [-0.15, -0.1) is 0 Å². The fourth-order valence-corrected chi connectivity index (χ4v) is 4.49. The fraction of sp³-hybridized carbons (Fsp3) is 0.320. The standard InChI is InChI=1S/C25H26N4O3/c1-15-12-19(17(3)31-15)21-13-20(23-16(2)28-32-25(23)27-21)24(30)26-14-18-8-4-5-9-22(18)29-10-6-7-11-29/h4-5,8-9,12-13H,6-7,10-11,14H2,1-3H3,(H,26,30). The van der Waals surface area contributed by atoms with Gasteiger partial charge in [-0.25, -0.2) is 4.98 Å². The normalized spacial score (nSPS) is 13.8. The third kappa shape index (κ3) is 3.64. The number of carbonyl (C=O) groups is 1. The number of aryl methyl sites for hydroxylation is 3. The van der Waals surface area contributed by atoms with Crippen molar-refractivity contribution in [1.82, 2.24) is 15.5 Å². The Balaban J connectivity index is 1.47. The van der Waals surface area contributed by atoms with Crippen LogP contribution in [0.3, 0.4) is 0 Å². The average molecular weight is 431 g/mol. The Bertz CT molecular complexity index is 1300. The molecule has 4 aromatic rings. The van der Waals surface area contributed by atoms with Crippen LogP contribution in [0, 0.1) is 20.8 Å². The van der Waals surface area contributed by atoms with Crippen molar-refractivity contribution < 1.29 is 13.7 Å². The predicted molar refractivity (Wildman–Crippen MR) is 123 cm³/mol. The number of para-hydroxylation sites is 1. The lowest BCUT2D eigenvalue weighted by Crippen LogP contribution is -2.26. The Kier molecular flexibility index (Phi) is 5.17. The first kappa shape index (κ1) is 20.3. The molecule has 0 spiro atoms. The SMILES string of the molecule is Cc1cc(-c2cc(C(=O)NCc3ccccc3N3CCCC3)c3c(C)noc3n2)c(C)o1. The molecule has 3 aromatic heterocycles. The second-order valence-corrected chi connectivity index (χ2v) is 8.34. The number of benzene rings is 1. The number of aromatic nitrogens is 2. The highest BCUT2D eigenvalue weighted by Crippen LogP contribution is 2.31. The number of furan rings is 1. The molecule has 0 bridgehead atoms. The van der Waals surface area contributed by atoms with E-state index in [-0.39, 0.29) is 5.91 Å². The Morgan fingerprint density at radius 1 is 1.12 bits per heavy atom. The zero-order valence-corrected chi connectivity index (χ0v) is 18.6. The van der Waals surface area contributed by atoms with Crippen LogP contribution in [0.25, 0.3) is 22.4 Å². The molecular weight excluding hydrogens is 404 g/mol. The highest BCUT2D eigenvalue weighted by Gasteiger charge is 2.22. The summed E-state index contributed by atoms with van der Waals surface area (Å²) < 4.78 is 11.1. The molecule has 32 heavy (non-hydrogen) atoms. The first-order valence-corrected chi connectivity index (χ1v) is 11.0. The monoisotopic (exact) mass is 430 g/mol. The molecule has 7 heteroatoms. The molecule has 0 radical (unpaired) electrons. The van der Waals surface area contributed by atoms with E-state index in [0.717, 1.165) is 35.7 Å². The molecule has 1 amide bonds. The predicted octanol–water partition coefficient (Wildman–Crippen LogP) is 4.94. The zero-order valence-electron chi connectivity index (χ0n) is 18.6. The van der Waals surface area contributed by atoms with Crippen molar-refractivity contribution in [2.45, 2.75) is 40.2 Å². The fourth-order valence-electron chi connectivity index (χ4n) is 4.49. The number of fused-ring (bicyclic) bond motifs is 1. The van der Waals surface area contributed by atoms with Gasteiger partial charge >= 0.3 is 0 Å². The van der Waals surface area contributed by atoms with Gasteiger partial charge < -0.3 is 19.2 Å². The van der Waals surface area contributed by atoms with Crippen LogP contribution in [-0.4, -0.2) is 29.1 Å². The van der Waals surface area contributed by atoms with Crippen LogP contribution in [0.5, 0.6) is 0 Å². The molecule has 0 atom stereocenters. The maximum absolute atomic E-state index is 13.3. The van der Waals surface area contributed by atoms with Gasteiger partial charge in [-0.05, 0) is 57.4 Å². The lowest BCUT2D eigenvalue weighted by molar-refractivity contribution is 0.0952. The van der Waals surface area contributed by atoms with Crippen LogP contribution < -0.4 is 10.2 Å². The van der Waals surface area contributed by atoms with E-state index in [2.05, 4.69) is 32.5 Å². The summed E-state index contributed by atoms with van der Waals surface area (Å²) in [5.41, 5.74) is 5.26. The van der Waals surface area contributed by atoms with Gasteiger partial charge in [-0.1, -0.05) is 23.4 Å². The molecule has 164 valence electrons. The van der Waals surface area contributed by atoms with Crippen molar-refractivity contribution >= 4 is 22.7 Å². The molecule has 1 aromatic carbocycles. The summed E-state index contributed by atoms with van der Waals surface area (Å²) in [6.45, 7) is 8.15. The minimum absolute atomic E-state index is 0.181. The van der Waals surface area contributed by atoms with Crippen molar-refractivity contribution in [2.24, 2.45) is 0 Å². The van der Waals surface area contributed by atoms with Crippen molar-refractivity contribution in [3.8, 4) is 11.3 Å². The van der Waals surface area contributed by atoms with Crippen LogP contribution in [0.15, 0.2) is 45.3 Å². The van der Waals surface area contributed by atoms with E-state index in [1.807, 2.05) is 39.0 Å². The summed E-state index contributed by atoms with van der Waals surface area (Å²) >= 11 is 0. The number of hydrogen-bond donors (Lipinski definition) is 1. The summed E-state index contributed by atoms with van der Waals surface area (Å²) in [6, 6.07) is 12.0. The van der Waals surface area contributed by atoms with Gasteiger partial charge in [0.15, 0.2) is 0 Å². The van der Waals surface area contributed by atoms with E-state index in [4.69, 9.17) is 8.94 Å². The van der Waals surface area contributed by atoms with Crippen molar-refractivity contribution in [3.63, 3.8) is 0 Å². The Morgan fingerprint density at radius 3 is 2.66 bits per heavy atom. The molecule has 0 saturated carbocycles. The number of nitrogens with one attached hydrogen (secondary N) is 1. The molecule has 4 heterocycles. The number of amides is 1. The van der Waals surface area contributed by atoms with Crippen LogP contribution in [0.1, 0.15) is 46.0 Å². The molecule has 0 aliphatic carbocycles. The summed E-state index contributed by atoms with van der Waals surface area (Å²) in [5, 5.41) is 7.77. The van der Waals surface area contributed by atoms with Crippen LogP contribution >= 0.6 is 0 Å². The van der Waals surface area contributed by atoms with Crippen LogP contribution in [-0.2, 0) is 6.54 Å². The number of carbonyl (C=O) groups excluding carboxylic acids is 1. The Labute approximate surface area is 186 Å². The minimum atomic E-state index is -0.181. The number of rotatable bonds is 5. The van der Waals surface area contributed by atoms with E-state index in [0.29, 0.717) is 34.6 Å². The average Bonchev–Trinajstić information content (AvgIpc) is 3.52. The van der Waals surface area contributed by atoms with E-state index in [1.54, 1.807) is 6.07 Å². The lowest BCUT2D eigenvalue weighted by atomic mass is 10.0. The molecule has 1 aliphatic heterocycles. The molecular formula is C25H26N4O3. The molecule has 1 aliphatic rings. The number of hydrogen-bond acceptors (Lipinski definition) is 6. The maximum Gasteiger partial charge on any atom is 0.259 e. The summed E-state index contributed by atoms with van der Waals surface area (Å²) in [4.78, 5) is 20.3. The van der Waals surface area contributed by atoms with E-state index < -0.39 is 0 Å². The van der Waals surface area contributed by atoms with E-state index in [1.165, 1.54) is 18.5 Å². The van der Waals surface area contributed by atoms with Gasteiger partial charge in [0.1, 0.15) is 11.5 Å². The molecule has 0 unspecified atom stereocenters. The van der Waals surface area contributed by atoms with Gasteiger partial charge in [0, 0.05) is 30.9 Å². The lowest BCUT2D eigenvalue weighted by Gasteiger charge is -2.21. The minimum Gasteiger partial charge on any atom is -0.466 e. The maximum atomic E-state index is 13.3. The van der Waals surface area contributed by atoms with Gasteiger partial charge in [-0.2, -0.15) is 0 Å². The zero-order chi connectivity index (χ0) is 22.2. The smallest absolute Gasteiger partial charge is 0.259 e. The topological polar surface area (TPSA) is 84.4 Å². The quantitative estimate of drug-likeness (QED) is 0.483. The van der Waals surface area contributed by atoms with Crippen LogP contribution in [0.2, 0.25) is 0 Å². The van der Waals surface area contributed by atoms with Gasteiger partial charge in [0.25, 0.3) is 11.6 Å². The first-order chi connectivity index (χ1) is 15.5. The highest BCUT2D eigenvalue weighted by atomic mass is 16.5. The highest BCUT2D eigenvalue weighted by molar-refractivity contribution is 6.07. The molecule has 1 saturated heterocycles. The summed E-state index contributed by atoms with van der Waals surface area (Å²) in [7, 11) is 0. The number of pyridine rings is 1.